The topological polar surface area (TPSA) is 33.4 Å². The highest BCUT2D eigenvalue weighted by Gasteiger charge is 2.12. The lowest BCUT2D eigenvalue weighted by Gasteiger charge is -2.05. The molecule has 1 aromatic heterocycles. The highest BCUT2D eigenvalue weighted by atomic mass is 35.5. The van der Waals surface area contributed by atoms with Crippen LogP contribution in [0.25, 0.3) is 0 Å². The third kappa shape index (κ3) is 2.13. The van der Waals surface area contributed by atoms with Crippen LogP contribution < -0.4 is 0 Å². The van der Waals surface area contributed by atoms with E-state index < -0.39 is 6.10 Å². The van der Waals surface area contributed by atoms with E-state index in [0.29, 0.717) is 12.0 Å². The summed E-state index contributed by atoms with van der Waals surface area (Å²) in [4.78, 5) is 0. The van der Waals surface area contributed by atoms with Gasteiger partial charge in [0.05, 0.1) is 12.4 Å². The molecule has 0 spiro atoms. The molecule has 1 N–H and O–H groups in total. The molecule has 0 saturated carbocycles. The summed E-state index contributed by atoms with van der Waals surface area (Å²) >= 11 is 5.66. The van der Waals surface area contributed by atoms with E-state index >= 15 is 0 Å². The third-order valence-corrected chi connectivity index (χ3v) is 1.96. The molecule has 0 saturated heterocycles. The molecule has 0 aliphatic carbocycles. The van der Waals surface area contributed by atoms with Gasteiger partial charge in [-0.05, 0) is 30.5 Å². The molecule has 0 aromatic carbocycles. The molecule has 1 unspecified atom stereocenters. The Kier molecular flexibility index (Phi) is 3.38. The van der Waals surface area contributed by atoms with Gasteiger partial charge >= 0.3 is 0 Å². The standard InChI is InChI=1S/C9H11ClO2/c1-2-3-4-8(11)7-5-6-12-9(7)10/h2,5-6,8,11H,1,3-4H2. The fourth-order valence-electron chi connectivity index (χ4n) is 0.974. The second-order valence-electron chi connectivity index (χ2n) is 2.53. The van der Waals surface area contributed by atoms with Crippen molar-refractivity contribution in [1.82, 2.24) is 0 Å². The smallest absolute Gasteiger partial charge is 0.198 e. The molecular weight excluding hydrogens is 176 g/mol. The molecule has 66 valence electrons. The fraction of sp³-hybridized carbons (Fsp3) is 0.333. The molecule has 0 radical (unpaired) electrons. The first kappa shape index (κ1) is 9.36. The molecular formula is C9H11ClO2. The Bertz CT molecular complexity index is 255. The van der Waals surface area contributed by atoms with Crippen molar-refractivity contribution >= 4 is 11.6 Å². The molecule has 0 fully saturated rings. The minimum atomic E-state index is -0.547. The van der Waals surface area contributed by atoms with Crippen molar-refractivity contribution in [3.63, 3.8) is 0 Å². The van der Waals surface area contributed by atoms with Crippen molar-refractivity contribution in [2.75, 3.05) is 0 Å². The summed E-state index contributed by atoms with van der Waals surface area (Å²) in [5, 5.41) is 9.80. The van der Waals surface area contributed by atoms with Crippen LogP contribution in [-0.2, 0) is 0 Å². The van der Waals surface area contributed by atoms with Crippen LogP contribution in [0.15, 0.2) is 29.4 Å². The highest BCUT2D eigenvalue weighted by molar-refractivity contribution is 6.29. The zero-order chi connectivity index (χ0) is 8.97. The minimum Gasteiger partial charge on any atom is -0.453 e. The Morgan fingerprint density at radius 3 is 3.00 bits per heavy atom. The van der Waals surface area contributed by atoms with E-state index in [0.717, 1.165) is 6.42 Å². The summed E-state index contributed by atoms with van der Waals surface area (Å²) in [5.74, 6) is 0. The summed E-state index contributed by atoms with van der Waals surface area (Å²) in [7, 11) is 0. The summed E-state index contributed by atoms with van der Waals surface area (Å²) in [5.41, 5.74) is 0.651. The minimum absolute atomic E-state index is 0.270. The van der Waals surface area contributed by atoms with Crippen LogP contribution >= 0.6 is 11.6 Å². The van der Waals surface area contributed by atoms with Crippen molar-refractivity contribution in [1.29, 1.82) is 0 Å². The molecule has 3 heteroatoms. The van der Waals surface area contributed by atoms with Crippen LogP contribution in [0.3, 0.4) is 0 Å². The van der Waals surface area contributed by atoms with E-state index in [1.165, 1.54) is 6.26 Å². The molecule has 0 aliphatic rings. The van der Waals surface area contributed by atoms with Gasteiger partial charge in [0.25, 0.3) is 0 Å². The van der Waals surface area contributed by atoms with Crippen LogP contribution in [0.4, 0.5) is 0 Å². The van der Waals surface area contributed by atoms with E-state index in [1.807, 2.05) is 0 Å². The van der Waals surface area contributed by atoms with Crippen molar-refractivity contribution in [2.45, 2.75) is 18.9 Å². The van der Waals surface area contributed by atoms with E-state index in [-0.39, 0.29) is 5.22 Å². The molecule has 1 heterocycles. The normalized spacial score (nSPS) is 12.8. The highest BCUT2D eigenvalue weighted by Crippen LogP contribution is 2.26. The van der Waals surface area contributed by atoms with Crippen LogP contribution in [0, 0.1) is 0 Å². The van der Waals surface area contributed by atoms with Crippen molar-refractivity contribution in [2.24, 2.45) is 0 Å². The molecule has 1 atom stereocenters. The first-order chi connectivity index (χ1) is 5.75. The zero-order valence-electron chi connectivity index (χ0n) is 6.66. The lowest BCUT2D eigenvalue weighted by atomic mass is 10.1. The third-order valence-electron chi connectivity index (χ3n) is 1.65. The second kappa shape index (κ2) is 4.33. The van der Waals surface area contributed by atoms with Crippen LogP contribution in [0.1, 0.15) is 24.5 Å². The van der Waals surface area contributed by atoms with Crippen molar-refractivity contribution in [3.05, 3.63) is 35.8 Å². The summed E-state index contributed by atoms with van der Waals surface area (Å²) in [6, 6.07) is 1.68. The van der Waals surface area contributed by atoms with Crippen molar-refractivity contribution in [3.8, 4) is 0 Å². The number of hydrogen-bond donors (Lipinski definition) is 1. The lowest BCUT2D eigenvalue weighted by Crippen LogP contribution is -1.94. The number of aliphatic hydroxyl groups excluding tert-OH is 1. The molecule has 12 heavy (non-hydrogen) atoms. The number of rotatable bonds is 4. The SMILES string of the molecule is C=CCCC(O)c1ccoc1Cl. The van der Waals surface area contributed by atoms with Crippen LogP contribution in [-0.4, -0.2) is 5.11 Å². The van der Waals surface area contributed by atoms with Crippen LogP contribution in [0.5, 0.6) is 0 Å². The molecule has 1 aromatic rings. The fourth-order valence-corrected chi connectivity index (χ4v) is 1.21. The van der Waals surface area contributed by atoms with Gasteiger partial charge in [-0.3, -0.25) is 0 Å². The van der Waals surface area contributed by atoms with Gasteiger partial charge in [-0.15, -0.1) is 6.58 Å². The van der Waals surface area contributed by atoms with Gasteiger partial charge in [0.15, 0.2) is 5.22 Å². The molecule has 1 rings (SSSR count). The van der Waals surface area contributed by atoms with E-state index in [2.05, 4.69) is 6.58 Å². The molecule has 0 amide bonds. The summed E-state index contributed by atoms with van der Waals surface area (Å²) in [6.07, 6.45) is 4.08. The molecule has 2 nitrogen and oxygen atoms in total. The molecule has 0 bridgehead atoms. The van der Waals surface area contributed by atoms with Gasteiger partial charge in [-0.2, -0.15) is 0 Å². The van der Waals surface area contributed by atoms with Crippen molar-refractivity contribution < 1.29 is 9.52 Å². The predicted molar refractivity (Wildman–Crippen MR) is 48.1 cm³/mol. The zero-order valence-corrected chi connectivity index (χ0v) is 7.42. The largest absolute Gasteiger partial charge is 0.453 e. The quantitative estimate of drug-likeness (QED) is 0.734. The predicted octanol–water partition coefficient (Wildman–Crippen LogP) is 2.93. The first-order valence-corrected chi connectivity index (χ1v) is 4.15. The first-order valence-electron chi connectivity index (χ1n) is 3.77. The Morgan fingerprint density at radius 2 is 2.50 bits per heavy atom. The number of halogens is 1. The number of allylic oxidation sites excluding steroid dienone is 1. The Hall–Kier alpha value is -0.730. The average Bonchev–Trinajstić information content (AvgIpc) is 2.47. The van der Waals surface area contributed by atoms with E-state index in [1.54, 1.807) is 12.1 Å². The van der Waals surface area contributed by atoms with Gasteiger partial charge in [-0.1, -0.05) is 6.08 Å². The Labute approximate surface area is 76.5 Å². The maximum absolute atomic E-state index is 9.53. The number of hydrogen-bond acceptors (Lipinski definition) is 2. The number of aliphatic hydroxyl groups is 1. The van der Waals surface area contributed by atoms with E-state index in [4.69, 9.17) is 16.0 Å². The van der Waals surface area contributed by atoms with Gasteiger partial charge in [0.2, 0.25) is 0 Å². The Morgan fingerprint density at radius 1 is 1.75 bits per heavy atom. The lowest BCUT2D eigenvalue weighted by molar-refractivity contribution is 0.168. The average molecular weight is 187 g/mol. The van der Waals surface area contributed by atoms with Gasteiger partial charge in [-0.25, -0.2) is 0 Å². The summed E-state index contributed by atoms with van der Waals surface area (Å²) in [6.45, 7) is 3.57. The van der Waals surface area contributed by atoms with Gasteiger partial charge < -0.3 is 9.52 Å². The maximum atomic E-state index is 9.53. The number of furan rings is 1. The molecule has 0 aliphatic heterocycles. The Balaban J connectivity index is 2.58. The van der Waals surface area contributed by atoms with Gasteiger partial charge in [0, 0.05) is 5.56 Å². The summed E-state index contributed by atoms with van der Waals surface area (Å²) < 4.78 is 4.85. The monoisotopic (exact) mass is 186 g/mol. The maximum Gasteiger partial charge on any atom is 0.198 e. The van der Waals surface area contributed by atoms with Crippen LogP contribution in [0.2, 0.25) is 5.22 Å². The second-order valence-corrected chi connectivity index (χ2v) is 2.87. The van der Waals surface area contributed by atoms with Gasteiger partial charge in [0.1, 0.15) is 0 Å². The van der Waals surface area contributed by atoms with E-state index in [9.17, 15) is 5.11 Å².